The summed E-state index contributed by atoms with van der Waals surface area (Å²) in [6.07, 6.45) is 7.80. The molecule has 1 unspecified atom stereocenters. The molecule has 1 atom stereocenters. The Morgan fingerprint density at radius 2 is 1.61 bits per heavy atom. The zero-order chi connectivity index (χ0) is 16.1. The van der Waals surface area contributed by atoms with Crippen LogP contribution in [0.4, 0.5) is 0 Å². The third-order valence-electron chi connectivity index (χ3n) is 4.99. The second-order valence-corrected chi connectivity index (χ2v) is 6.45. The molecule has 1 aromatic heterocycles. The van der Waals surface area contributed by atoms with Crippen LogP contribution in [0.25, 0.3) is 0 Å². The first-order valence-electron chi connectivity index (χ1n) is 8.67. The minimum Gasteiger partial charge on any atom is -0.380 e. The quantitative estimate of drug-likeness (QED) is 0.889. The number of likely N-dealkylation sites (tertiary alicyclic amines) is 1. The van der Waals surface area contributed by atoms with E-state index in [9.17, 15) is 5.11 Å². The van der Waals surface area contributed by atoms with Crippen LogP contribution in [-0.2, 0) is 12.0 Å². The van der Waals surface area contributed by atoms with Gasteiger partial charge in [-0.1, -0.05) is 31.2 Å². The summed E-state index contributed by atoms with van der Waals surface area (Å²) in [4.78, 5) is 6.55. The van der Waals surface area contributed by atoms with Crippen LogP contribution in [-0.4, -0.2) is 34.6 Å². The highest BCUT2D eigenvalue weighted by Gasteiger charge is 2.32. The Morgan fingerprint density at radius 1 is 1.00 bits per heavy atom. The summed E-state index contributed by atoms with van der Waals surface area (Å²) in [6, 6.07) is 12.2. The SMILES string of the molecule is CCc1ccc(C(O)(CCN2CCCC2)c2ccncc2)cc1. The summed E-state index contributed by atoms with van der Waals surface area (Å²) in [7, 11) is 0. The Morgan fingerprint density at radius 3 is 2.22 bits per heavy atom. The van der Waals surface area contributed by atoms with Gasteiger partial charge in [-0.2, -0.15) is 0 Å². The van der Waals surface area contributed by atoms with Crippen LogP contribution in [0.2, 0.25) is 0 Å². The fraction of sp³-hybridized carbons (Fsp3) is 0.450. The monoisotopic (exact) mass is 310 g/mol. The Bertz CT molecular complexity index is 605. The second kappa shape index (κ2) is 7.24. The number of hydrogen-bond donors (Lipinski definition) is 1. The molecule has 1 aliphatic heterocycles. The van der Waals surface area contributed by atoms with Gasteiger partial charge >= 0.3 is 0 Å². The standard InChI is InChI=1S/C20H26N2O/c1-2-17-5-7-18(8-6-17)20(23,19-9-12-21-13-10-19)11-16-22-14-3-4-15-22/h5-10,12-13,23H,2-4,11,14-16H2,1H3. The molecule has 1 aliphatic rings. The van der Waals surface area contributed by atoms with Gasteiger partial charge in [-0.15, -0.1) is 0 Å². The van der Waals surface area contributed by atoms with Crippen molar-refractivity contribution in [2.75, 3.05) is 19.6 Å². The van der Waals surface area contributed by atoms with E-state index in [1.165, 1.54) is 18.4 Å². The average molecular weight is 310 g/mol. The topological polar surface area (TPSA) is 36.4 Å². The molecule has 1 N–H and O–H groups in total. The van der Waals surface area contributed by atoms with Crippen molar-refractivity contribution in [3.8, 4) is 0 Å². The molecule has 122 valence electrons. The maximum atomic E-state index is 11.5. The van der Waals surface area contributed by atoms with Crippen LogP contribution < -0.4 is 0 Å². The van der Waals surface area contributed by atoms with Crippen LogP contribution in [0.3, 0.4) is 0 Å². The van der Waals surface area contributed by atoms with Crippen LogP contribution in [0.15, 0.2) is 48.8 Å². The van der Waals surface area contributed by atoms with Crippen molar-refractivity contribution < 1.29 is 5.11 Å². The van der Waals surface area contributed by atoms with Gasteiger partial charge in [-0.3, -0.25) is 4.98 Å². The molecule has 3 heteroatoms. The van der Waals surface area contributed by atoms with Crippen LogP contribution in [0, 0.1) is 0 Å². The summed E-state index contributed by atoms with van der Waals surface area (Å²) >= 11 is 0. The van der Waals surface area contributed by atoms with Crippen molar-refractivity contribution in [2.45, 2.75) is 38.2 Å². The zero-order valence-electron chi connectivity index (χ0n) is 13.9. The van der Waals surface area contributed by atoms with Gasteiger partial charge in [-0.05, 0) is 67.6 Å². The highest BCUT2D eigenvalue weighted by molar-refractivity contribution is 5.36. The number of aryl methyl sites for hydroxylation is 1. The molecule has 0 radical (unpaired) electrons. The predicted octanol–water partition coefficient (Wildman–Crippen LogP) is 3.37. The van der Waals surface area contributed by atoms with E-state index in [0.29, 0.717) is 6.42 Å². The lowest BCUT2D eigenvalue weighted by Crippen LogP contribution is -2.33. The average Bonchev–Trinajstić information content (AvgIpc) is 3.14. The van der Waals surface area contributed by atoms with Crippen LogP contribution in [0.1, 0.15) is 42.9 Å². The smallest absolute Gasteiger partial charge is 0.116 e. The molecule has 0 saturated carbocycles. The van der Waals surface area contributed by atoms with Crippen molar-refractivity contribution in [3.05, 3.63) is 65.5 Å². The maximum absolute atomic E-state index is 11.5. The van der Waals surface area contributed by atoms with Gasteiger partial charge in [0.2, 0.25) is 0 Å². The Labute approximate surface area is 139 Å². The molecule has 0 spiro atoms. The number of aromatic nitrogens is 1. The van der Waals surface area contributed by atoms with E-state index < -0.39 is 5.60 Å². The van der Waals surface area contributed by atoms with Crippen LogP contribution >= 0.6 is 0 Å². The van der Waals surface area contributed by atoms with Gasteiger partial charge in [0, 0.05) is 18.9 Å². The largest absolute Gasteiger partial charge is 0.380 e. The number of hydrogen-bond acceptors (Lipinski definition) is 3. The molecule has 23 heavy (non-hydrogen) atoms. The lowest BCUT2D eigenvalue weighted by atomic mass is 9.83. The Hall–Kier alpha value is -1.71. The van der Waals surface area contributed by atoms with Crippen molar-refractivity contribution in [3.63, 3.8) is 0 Å². The first-order chi connectivity index (χ1) is 11.2. The summed E-state index contributed by atoms with van der Waals surface area (Å²) in [5.74, 6) is 0. The van der Waals surface area contributed by atoms with Gasteiger partial charge in [0.1, 0.15) is 5.60 Å². The molecular weight excluding hydrogens is 284 g/mol. The van der Waals surface area contributed by atoms with Crippen LogP contribution in [0.5, 0.6) is 0 Å². The van der Waals surface area contributed by atoms with Gasteiger partial charge in [0.25, 0.3) is 0 Å². The highest BCUT2D eigenvalue weighted by Crippen LogP contribution is 2.33. The van der Waals surface area contributed by atoms with E-state index in [0.717, 1.165) is 37.2 Å². The Balaban J connectivity index is 1.88. The minimum atomic E-state index is -0.947. The molecule has 2 heterocycles. The number of rotatable bonds is 6. The third kappa shape index (κ3) is 3.62. The molecule has 0 aliphatic carbocycles. The normalized spacial score (nSPS) is 18.0. The summed E-state index contributed by atoms with van der Waals surface area (Å²) in [5, 5.41) is 11.5. The number of nitrogens with zero attached hydrogens (tertiary/aromatic N) is 2. The van der Waals surface area contributed by atoms with E-state index >= 15 is 0 Å². The molecule has 1 aromatic carbocycles. The van der Waals surface area contributed by atoms with Gasteiger partial charge in [-0.25, -0.2) is 0 Å². The summed E-state index contributed by atoms with van der Waals surface area (Å²) in [5.41, 5.74) is 2.25. The molecular formula is C20H26N2O. The van der Waals surface area contributed by atoms with Gasteiger partial charge < -0.3 is 10.0 Å². The van der Waals surface area contributed by atoms with E-state index in [-0.39, 0.29) is 0 Å². The van der Waals surface area contributed by atoms with Gasteiger partial charge in [0.15, 0.2) is 0 Å². The zero-order valence-corrected chi connectivity index (χ0v) is 13.9. The first kappa shape index (κ1) is 16.2. The second-order valence-electron chi connectivity index (χ2n) is 6.45. The lowest BCUT2D eigenvalue weighted by molar-refractivity contribution is 0.0601. The fourth-order valence-electron chi connectivity index (χ4n) is 3.43. The molecule has 3 nitrogen and oxygen atoms in total. The molecule has 0 bridgehead atoms. The molecule has 1 fully saturated rings. The number of pyridine rings is 1. The number of aliphatic hydroxyl groups is 1. The third-order valence-corrected chi connectivity index (χ3v) is 4.99. The maximum Gasteiger partial charge on any atom is 0.116 e. The predicted molar refractivity (Wildman–Crippen MR) is 93.3 cm³/mol. The Kier molecular flexibility index (Phi) is 5.09. The van der Waals surface area contributed by atoms with E-state index in [2.05, 4.69) is 41.1 Å². The molecule has 0 amide bonds. The van der Waals surface area contributed by atoms with Crippen molar-refractivity contribution in [1.82, 2.24) is 9.88 Å². The van der Waals surface area contributed by atoms with Crippen molar-refractivity contribution in [2.24, 2.45) is 0 Å². The van der Waals surface area contributed by atoms with Crippen molar-refractivity contribution >= 4 is 0 Å². The van der Waals surface area contributed by atoms with E-state index in [1.54, 1.807) is 12.4 Å². The summed E-state index contributed by atoms with van der Waals surface area (Å²) < 4.78 is 0. The lowest BCUT2D eigenvalue weighted by Gasteiger charge is -2.31. The summed E-state index contributed by atoms with van der Waals surface area (Å²) in [6.45, 7) is 5.38. The fourth-order valence-corrected chi connectivity index (χ4v) is 3.43. The molecule has 3 rings (SSSR count). The molecule has 1 saturated heterocycles. The minimum absolute atomic E-state index is 0.711. The van der Waals surface area contributed by atoms with E-state index in [4.69, 9.17) is 0 Å². The molecule has 2 aromatic rings. The first-order valence-corrected chi connectivity index (χ1v) is 8.67. The number of benzene rings is 1. The highest BCUT2D eigenvalue weighted by atomic mass is 16.3. The van der Waals surface area contributed by atoms with E-state index in [1.807, 2.05) is 12.1 Å². The van der Waals surface area contributed by atoms with Crippen molar-refractivity contribution in [1.29, 1.82) is 0 Å². The van der Waals surface area contributed by atoms with Gasteiger partial charge in [0.05, 0.1) is 0 Å².